The maximum atomic E-state index is 12.0. The second-order valence-electron chi connectivity index (χ2n) is 4.65. The molecule has 1 amide bonds. The highest BCUT2D eigenvalue weighted by Crippen LogP contribution is 2.32. The van der Waals surface area contributed by atoms with Gasteiger partial charge in [0.15, 0.2) is 11.7 Å². The number of aromatic nitrogens is 1. The van der Waals surface area contributed by atoms with Gasteiger partial charge in [-0.3, -0.25) is 4.79 Å². The summed E-state index contributed by atoms with van der Waals surface area (Å²) in [5.41, 5.74) is 7.16. The van der Waals surface area contributed by atoms with Crippen molar-refractivity contribution in [1.82, 2.24) is 4.98 Å². The van der Waals surface area contributed by atoms with Crippen molar-refractivity contribution in [3.05, 3.63) is 45.3 Å². The highest BCUT2D eigenvalue weighted by Gasteiger charge is 2.10. The summed E-state index contributed by atoms with van der Waals surface area (Å²) in [6.07, 6.45) is 0. The Morgan fingerprint density at radius 3 is 2.74 bits per heavy atom. The number of fused-ring (bicyclic) bond motifs is 1. The number of ether oxygens (including phenoxy) is 1. The number of nitrogens with two attached hydrogens (primary N) is 1. The summed E-state index contributed by atoms with van der Waals surface area (Å²) < 4.78 is 8.09. The minimum absolute atomic E-state index is 0.0673. The summed E-state index contributed by atoms with van der Waals surface area (Å²) in [5.74, 6) is 0.395. The first kappa shape index (κ1) is 16.2. The second kappa shape index (κ2) is 6.86. The molecule has 8 heteroatoms. The van der Waals surface area contributed by atoms with Crippen LogP contribution < -0.4 is 15.8 Å². The Morgan fingerprint density at radius 1 is 1.26 bits per heavy atom. The number of nitrogens with one attached hydrogen (secondary N) is 1. The molecule has 118 valence electrons. The number of carbonyl (C=O) groups excluding carboxylic acids is 1. The van der Waals surface area contributed by atoms with Crippen LogP contribution in [0.4, 0.5) is 10.8 Å². The van der Waals surface area contributed by atoms with E-state index < -0.39 is 0 Å². The molecule has 1 heterocycles. The molecule has 23 heavy (non-hydrogen) atoms. The zero-order valence-electron chi connectivity index (χ0n) is 11.7. The van der Waals surface area contributed by atoms with Gasteiger partial charge < -0.3 is 15.8 Å². The maximum absolute atomic E-state index is 12.0. The summed E-state index contributed by atoms with van der Waals surface area (Å²) in [7, 11) is 0. The number of hydrogen-bond acceptors (Lipinski definition) is 5. The monoisotopic (exact) mass is 455 g/mol. The molecule has 0 radical (unpaired) electrons. The molecule has 0 atom stereocenters. The van der Waals surface area contributed by atoms with Crippen molar-refractivity contribution in [1.29, 1.82) is 0 Å². The molecule has 1 aromatic heterocycles. The second-order valence-corrected chi connectivity index (χ2v) is 7.48. The van der Waals surface area contributed by atoms with Gasteiger partial charge in [0.05, 0.1) is 10.2 Å². The average molecular weight is 457 g/mol. The fourth-order valence-corrected chi connectivity index (χ4v) is 3.70. The van der Waals surface area contributed by atoms with Gasteiger partial charge >= 0.3 is 0 Å². The lowest BCUT2D eigenvalue weighted by atomic mass is 10.3. The highest BCUT2D eigenvalue weighted by molar-refractivity contribution is 9.11. The van der Waals surface area contributed by atoms with Crippen LogP contribution in [-0.2, 0) is 4.79 Å². The van der Waals surface area contributed by atoms with Crippen LogP contribution in [0.5, 0.6) is 5.75 Å². The Kier molecular flexibility index (Phi) is 4.84. The van der Waals surface area contributed by atoms with Crippen molar-refractivity contribution >= 4 is 70.1 Å². The lowest BCUT2D eigenvalue weighted by Gasteiger charge is -2.08. The van der Waals surface area contributed by atoms with Crippen molar-refractivity contribution in [2.45, 2.75) is 0 Å². The number of hydrogen-bond donors (Lipinski definition) is 2. The van der Waals surface area contributed by atoms with Gasteiger partial charge in [0.2, 0.25) is 0 Å². The molecule has 0 aliphatic heterocycles. The molecule has 0 aliphatic carbocycles. The SMILES string of the molecule is Nc1nc2c(Br)cc(NC(=O)COc3ccc(Br)cc3)cc2s1. The molecule has 0 saturated heterocycles. The van der Waals surface area contributed by atoms with Gasteiger partial charge in [-0.05, 0) is 52.3 Å². The zero-order chi connectivity index (χ0) is 16.4. The minimum atomic E-state index is -0.239. The first-order chi connectivity index (χ1) is 11.0. The van der Waals surface area contributed by atoms with Gasteiger partial charge in [0, 0.05) is 14.6 Å². The maximum Gasteiger partial charge on any atom is 0.262 e. The van der Waals surface area contributed by atoms with E-state index in [0.717, 1.165) is 19.2 Å². The first-order valence-corrected chi connectivity index (χ1v) is 8.95. The number of halogens is 2. The number of benzene rings is 2. The van der Waals surface area contributed by atoms with Crippen molar-refractivity contribution < 1.29 is 9.53 Å². The molecule has 0 saturated carbocycles. The van der Waals surface area contributed by atoms with Crippen LogP contribution in [-0.4, -0.2) is 17.5 Å². The van der Waals surface area contributed by atoms with Gasteiger partial charge in [0.1, 0.15) is 5.75 Å². The van der Waals surface area contributed by atoms with E-state index in [1.807, 2.05) is 18.2 Å². The third-order valence-corrected chi connectivity index (χ3v) is 4.90. The Morgan fingerprint density at radius 2 is 2.00 bits per heavy atom. The van der Waals surface area contributed by atoms with E-state index in [2.05, 4.69) is 42.2 Å². The van der Waals surface area contributed by atoms with Gasteiger partial charge in [0.25, 0.3) is 5.91 Å². The fraction of sp³-hybridized carbons (Fsp3) is 0.0667. The summed E-state index contributed by atoms with van der Waals surface area (Å²) in [6.45, 7) is -0.0673. The third-order valence-electron chi connectivity index (χ3n) is 2.93. The van der Waals surface area contributed by atoms with Crippen molar-refractivity contribution in [3.8, 4) is 5.75 Å². The summed E-state index contributed by atoms with van der Waals surface area (Å²) in [6, 6.07) is 10.9. The van der Waals surface area contributed by atoms with Crippen LogP contribution in [0.1, 0.15) is 0 Å². The normalized spacial score (nSPS) is 10.7. The third kappa shape index (κ3) is 4.01. The number of carbonyl (C=O) groups is 1. The smallest absolute Gasteiger partial charge is 0.262 e. The van der Waals surface area contributed by atoms with Crippen LogP contribution in [0.3, 0.4) is 0 Å². The molecular formula is C15H11Br2N3O2S. The summed E-state index contributed by atoms with van der Waals surface area (Å²) in [5, 5.41) is 3.29. The lowest BCUT2D eigenvalue weighted by molar-refractivity contribution is -0.118. The standard InChI is InChI=1S/C15H11Br2N3O2S/c16-8-1-3-10(4-2-8)22-7-13(21)19-9-5-11(17)14-12(6-9)23-15(18)20-14/h1-6H,7H2,(H2,18,20)(H,19,21). The molecule has 0 unspecified atom stereocenters. The molecule has 3 N–H and O–H groups in total. The number of nitrogen functional groups attached to an aromatic ring is 1. The van der Waals surface area contributed by atoms with Gasteiger partial charge in [-0.1, -0.05) is 27.3 Å². The van der Waals surface area contributed by atoms with E-state index >= 15 is 0 Å². The predicted molar refractivity (Wildman–Crippen MR) is 100.0 cm³/mol. The lowest BCUT2D eigenvalue weighted by Crippen LogP contribution is -2.20. The Hall–Kier alpha value is -1.64. The molecule has 0 fully saturated rings. The number of anilines is 2. The van der Waals surface area contributed by atoms with E-state index in [9.17, 15) is 4.79 Å². The molecule has 3 rings (SSSR count). The molecule has 0 bridgehead atoms. The minimum Gasteiger partial charge on any atom is -0.484 e. The van der Waals surface area contributed by atoms with Gasteiger partial charge in [-0.2, -0.15) is 0 Å². The number of nitrogens with zero attached hydrogens (tertiary/aromatic N) is 1. The topological polar surface area (TPSA) is 77.2 Å². The summed E-state index contributed by atoms with van der Waals surface area (Å²) >= 11 is 8.15. The molecule has 0 spiro atoms. The molecule has 2 aromatic carbocycles. The Bertz CT molecular complexity index is 865. The van der Waals surface area contributed by atoms with Crippen LogP contribution in [0, 0.1) is 0 Å². The average Bonchev–Trinajstić information content (AvgIpc) is 2.88. The number of thiazole rings is 1. The molecule has 3 aromatic rings. The highest BCUT2D eigenvalue weighted by atomic mass is 79.9. The largest absolute Gasteiger partial charge is 0.484 e. The Labute approximate surface area is 153 Å². The van der Waals surface area contributed by atoms with Gasteiger partial charge in [-0.15, -0.1) is 0 Å². The van der Waals surface area contributed by atoms with Crippen molar-refractivity contribution in [2.24, 2.45) is 0 Å². The Balaban J connectivity index is 1.66. The van der Waals surface area contributed by atoms with E-state index in [1.54, 1.807) is 18.2 Å². The zero-order valence-corrected chi connectivity index (χ0v) is 15.7. The molecule has 0 aliphatic rings. The number of amides is 1. The van der Waals surface area contributed by atoms with Gasteiger partial charge in [-0.25, -0.2) is 4.98 Å². The quantitative estimate of drug-likeness (QED) is 0.609. The molecule has 5 nitrogen and oxygen atoms in total. The van der Waals surface area contributed by atoms with Crippen LogP contribution in [0.2, 0.25) is 0 Å². The first-order valence-electron chi connectivity index (χ1n) is 6.55. The molecular weight excluding hydrogens is 446 g/mol. The summed E-state index contributed by atoms with van der Waals surface area (Å²) in [4.78, 5) is 16.2. The van der Waals surface area contributed by atoms with Crippen molar-refractivity contribution in [2.75, 3.05) is 17.7 Å². The number of rotatable bonds is 4. The van der Waals surface area contributed by atoms with Crippen LogP contribution in [0.25, 0.3) is 10.2 Å². The van der Waals surface area contributed by atoms with E-state index in [0.29, 0.717) is 16.6 Å². The van der Waals surface area contributed by atoms with Crippen LogP contribution in [0.15, 0.2) is 45.3 Å². The van der Waals surface area contributed by atoms with E-state index in [4.69, 9.17) is 10.5 Å². The van der Waals surface area contributed by atoms with Crippen molar-refractivity contribution in [3.63, 3.8) is 0 Å². The van der Waals surface area contributed by atoms with E-state index in [-0.39, 0.29) is 12.5 Å². The fourth-order valence-electron chi connectivity index (χ4n) is 1.95. The predicted octanol–water partition coefficient (Wildman–Crippen LogP) is 4.42. The van der Waals surface area contributed by atoms with E-state index in [1.165, 1.54) is 11.3 Å². The van der Waals surface area contributed by atoms with Crippen LogP contribution >= 0.6 is 43.2 Å².